The third kappa shape index (κ3) is 0.756. The molecule has 0 aromatic rings. The van der Waals surface area contributed by atoms with E-state index in [0.717, 1.165) is 12.8 Å². The Morgan fingerprint density at radius 3 is 1.92 bits per heavy atom. The number of hydrogen-bond donors (Lipinski definition) is 0. The fraction of sp³-hybridized carbons (Fsp3) is 0.750. The predicted molar refractivity (Wildman–Crippen MR) is 42.4 cm³/mol. The van der Waals surface area contributed by atoms with E-state index in [0.29, 0.717) is 0 Å². The van der Waals surface area contributed by atoms with Crippen molar-refractivity contribution in [2.75, 3.05) is 14.1 Å². The van der Waals surface area contributed by atoms with Gasteiger partial charge in [0, 0.05) is 7.05 Å². The Kier molecular flexibility index (Phi) is 1.48. The lowest BCUT2D eigenvalue weighted by atomic mass is 10.2. The Hall–Kier alpha value is -0.900. The number of rotatable bonds is 0. The van der Waals surface area contributed by atoms with Crippen LogP contribution in [0.4, 0.5) is 0 Å². The van der Waals surface area contributed by atoms with Crippen LogP contribution >= 0.6 is 0 Å². The van der Waals surface area contributed by atoms with Crippen molar-refractivity contribution in [2.45, 2.75) is 24.9 Å². The van der Waals surface area contributed by atoms with Gasteiger partial charge in [-0.2, -0.15) is 0 Å². The summed E-state index contributed by atoms with van der Waals surface area (Å²) in [5, 5.41) is 0. The molecule has 66 valence electrons. The van der Waals surface area contributed by atoms with Crippen molar-refractivity contribution in [1.82, 2.24) is 9.80 Å². The van der Waals surface area contributed by atoms with E-state index in [1.807, 2.05) is 11.9 Å². The van der Waals surface area contributed by atoms with Gasteiger partial charge in [-0.05, 0) is 19.9 Å². The second-order valence-electron chi connectivity index (χ2n) is 3.51. The molecule has 0 aromatic carbocycles. The van der Waals surface area contributed by atoms with Gasteiger partial charge in [0.2, 0.25) is 11.8 Å². The second-order valence-corrected chi connectivity index (χ2v) is 3.51. The van der Waals surface area contributed by atoms with Gasteiger partial charge >= 0.3 is 0 Å². The van der Waals surface area contributed by atoms with Crippen LogP contribution in [0, 0.1) is 0 Å². The largest absolute Gasteiger partial charge is 0.283 e. The maximum absolute atomic E-state index is 11.5. The van der Waals surface area contributed by atoms with Gasteiger partial charge in [-0.15, -0.1) is 0 Å². The summed E-state index contributed by atoms with van der Waals surface area (Å²) in [5.41, 5.74) is 0. The first-order valence-electron chi connectivity index (χ1n) is 4.16. The Labute approximate surface area is 71.1 Å². The third-order valence-electron chi connectivity index (χ3n) is 2.93. The summed E-state index contributed by atoms with van der Waals surface area (Å²) in [5.74, 6) is -0.0903. The van der Waals surface area contributed by atoms with Crippen LogP contribution in [0.1, 0.15) is 12.8 Å². The molecule has 2 rings (SSSR count). The normalized spacial score (nSPS) is 36.3. The number of carbonyl (C=O) groups is 2. The van der Waals surface area contributed by atoms with Crippen molar-refractivity contribution in [1.29, 1.82) is 0 Å². The zero-order valence-corrected chi connectivity index (χ0v) is 7.28. The van der Waals surface area contributed by atoms with Crippen LogP contribution in [0.2, 0.25) is 0 Å². The third-order valence-corrected chi connectivity index (χ3v) is 2.93. The van der Waals surface area contributed by atoms with E-state index in [9.17, 15) is 9.59 Å². The quantitative estimate of drug-likeness (QED) is 0.456. The Morgan fingerprint density at radius 2 is 1.50 bits per heavy atom. The molecule has 0 radical (unpaired) electrons. The Balaban J connectivity index is 2.35. The molecule has 0 saturated carbocycles. The highest BCUT2D eigenvalue weighted by Crippen LogP contribution is 2.29. The minimum absolute atomic E-state index is 0.0438. The van der Waals surface area contributed by atoms with Gasteiger partial charge in [0.25, 0.3) is 0 Å². The number of amides is 2. The molecule has 0 spiro atoms. The van der Waals surface area contributed by atoms with Gasteiger partial charge in [0.05, 0.1) is 12.1 Å². The van der Waals surface area contributed by atoms with Crippen molar-refractivity contribution in [3.8, 4) is 0 Å². The number of nitrogens with zero attached hydrogens (tertiary/aromatic N) is 2. The molecule has 2 aliphatic rings. The van der Waals surface area contributed by atoms with E-state index < -0.39 is 0 Å². The first kappa shape index (κ1) is 7.73. The Morgan fingerprint density at radius 1 is 1.08 bits per heavy atom. The maximum atomic E-state index is 11.5. The van der Waals surface area contributed by atoms with E-state index in [2.05, 4.69) is 0 Å². The highest BCUT2D eigenvalue weighted by atomic mass is 16.2. The van der Waals surface area contributed by atoms with Crippen LogP contribution in [-0.4, -0.2) is 47.8 Å². The molecule has 2 fully saturated rings. The lowest BCUT2D eigenvalue weighted by Crippen LogP contribution is -2.57. The maximum Gasteiger partial charge on any atom is 0.246 e. The summed E-state index contributed by atoms with van der Waals surface area (Å²) < 4.78 is 0. The highest BCUT2D eigenvalue weighted by Gasteiger charge is 2.47. The second kappa shape index (κ2) is 2.29. The van der Waals surface area contributed by atoms with Gasteiger partial charge < -0.3 is 0 Å². The average molecular weight is 168 g/mol. The summed E-state index contributed by atoms with van der Waals surface area (Å²) in [4.78, 5) is 26.1. The van der Waals surface area contributed by atoms with E-state index in [4.69, 9.17) is 0 Å². The van der Waals surface area contributed by atoms with Crippen LogP contribution in [0.25, 0.3) is 0 Å². The SMILES string of the molecule is CN1C(=O)C2CCC(C1=O)N2C. The number of fused-ring (bicyclic) bond motifs is 2. The van der Waals surface area contributed by atoms with Crippen LogP contribution in [0.3, 0.4) is 0 Å². The molecule has 2 heterocycles. The van der Waals surface area contributed by atoms with E-state index in [1.54, 1.807) is 7.05 Å². The van der Waals surface area contributed by atoms with Crippen molar-refractivity contribution in [3.05, 3.63) is 0 Å². The van der Waals surface area contributed by atoms with Gasteiger partial charge in [-0.1, -0.05) is 0 Å². The first-order chi connectivity index (χ1) is 5.63. The molecule has 2 unspecified atom stereocenters. The van der Waals surface area contributed by atoms with Crippen molar-refractivity contribution in [3.63, 3.8) is 0 Å². The highest BCUT2D eigenvalue weighted by molar-refractivity contribution is 6.03. The van der Waals surface area contributed by atoms with Gasteiger partial charge in [0.1, 0.15) is 0 Å². The van der Waals surface area contributed by atoms with Crippen LogP contribution in [0.5, 0.6) is 0 Å². The van der Waals surface area contributed by atoms with Crippen LogP contribution in [0.15, 0.2) is 0 Å². The zero-order valence-electron chi connectivity index (χ0n) is 7.28. The minimum Gasteiger partial charge on any atom is -0.283 e. The smallest absolute Gasteiger partial charge is 0.246 e. The molecule has 2 atom stereocenters. The number of hydrogen-bond acceptors (Lipinski definition) is 3. The summed E-state index contributed by atoms with van der Waals surface area (Å²) in [6, 6.07) is -0.0876. The Bertz CT molecular complexity index is 227. The molecule has 12 heavy (non-hydrogen) atoms. The molecular weight excluding hydrogens is 156 g/mol. The number of piperazine rings is 1. The first-order valence-corrected chi connectivity index (χ1v) is 4.16. The zero-order chi connectivity index (χ0) is 8.88. The summed E-state index contributed by atoms with van der Waals surface area (Å²) in [6.07, 6.45) is 1.66. The monoisotopic (exact) mass is 168 g/mol. The molecular formula is C8H12N2O2. The van der Waals surface area contributed by atoms with Crippen LogP contribution in [-0.2, 0) is 9.59 Å². The molecule has 0 aromatic heterocycles. The number of carbonyl (C=O) groups excluding carboxylic acids is 2. The molecule has 4 nitrogen and oxygen atoms in total. The van der Waals surface area contributed by atoms with Crippen molar-refractivity contribution in [2.24, 2.45) is 0 Å². The standard InChI is InChI=1S/C8H12N2O2/c1-9-5-3-4-6(9)8(12)10(2)7(5)11/h5-6H,3-4H2,1-2H3. The van der Waals surface area contributed by atoms with Gasteiger partial charge in [0.15, 0.2) is 0 Å². The summed E-state index contributed by atoms with van der Waals surface area (Å²) in [7, 11) is 3.42. The predicted octanol–water partition coefficient (Wildman–Crippen LogP) is -0.552. The fourth-order valence-electron chi connectivity index (χ4n) is 2.09. The lowest BCUT2D eigenvalue weighted by Gasteiger charge is -2.34. The van der Waals surface area contributed by atoms with Gasteiger partial charge in [-0.25, -0.2) is 0 Å². The molecule has 2 amide bonds. The molecule has 0 N–H and O–H groups in total. The fourth-order valence-corrected chi connectivity index (χ4v) is 2.09. The van der Waals surface area contributed by atoms with E-state index in [1.165, 1.54) is 4.90 Å². The topological polar surface area (TPSA) is 40.6 Å². The van der Waals surface area contributed by atoms with Crippen LogP contribution < -0.4 is 0 Å². The molecule has 4 heteroatoms. The number of imide groups is 1. The molecule has 2 bridgehead atoms. The molecule has 2 aliphatic heterocycles. The number of likely N-dealkylation sites (tertiary alicyclic amines) is 1. The average Bonchev–Trinajstić information content (AvgIpc) is 2.38. The lowest BCUT2D eigenvalue weighted by molar-refractivity contribution is -0.153. The molecule has 0 aliphatic carbocycles. The number of likely N-dealkylation sites (N-methyl/N-ethyl adjacent to an activating group) is 2. The van der Waals surface area contributed by atoms with Gasteiger partial charge in [-0.3, -0.25) is 19.4 Å². The van der Waals surface area contributed by atoms with Crippen molar-refractivity contribution < 1.29 is 9.59 Å². The summed E-state index contributed by atoms with van der Waals surface area (Å²) >= 11 is 0. The minimum atomic E-state index is -0.0451. The molecule has 2 saturated heterocycles. The van der Waals surface area contributed by atoms with Crippen molar-refractivity contribution >= 4 is 11.8 Å². The van der Waals surface area contributed by atoms with E-state index >= 15 is 0 Å². The van der Waals surface area contributed by atoms with E-state index in [-0.39, 0.29) is 23.9 Å². The summed E-state index contributed by atoms with van der Waals surface area (Å²) in [6.45, 7) is 0.